The molecule has 2 aliphatic carbocycles. The van der Waals surface area contributed by atoms with E-state index in [1.807, 2.05) is 0 Å². The number of fused-ring (bicyclic) bond motifs is 2. The molecular weight excluding hydrogens is 308 g/mol. The maximum absolute atomic E-state index is 13.8. The second kappa shape index (κ2) is 4.43. The molecular formula is C14H6F4O4. The van der Waals surface area contributed by atoms with Gasteiger partial charge >= 0.3 is 0 Å². The summed E-state index contributed by atoms with van der Waals surface area (Å²) in [5.41, 5.74) is -4.01. The van der Waals surface area contributed by atoms with E-state index in [4.69, 9.17) is 0 Å². The van der Waals surface area contributed by atoms with E-state index in [0.29, 0.717) is 0 Å². The molecule has 0 saturated carbocycles. The predicted octanol–water partition coefficient (Wildman–Crippen LogP) is 3.04. The first-order valence-corrected chi connectivity index (χ1v) is 6.07. The summed E-state index contributed by atoms with van der Waals surface area (Å²) >= 11 is 0. The molecule has 0 bridgehead atoms. The molecule has 0 aliphatic heterocycles. The number of hydrogen-bond donors (Lipinski definition) is 2. The van der Waals surface area contributed by atoms with Gasteiger partial charge in [-0.1, -0.05) is 0 Å². The molecule has 0 radical (unpaired) electrons. The first-order chi connectivity index (χ1) is 10.3. The van der Waals surface area contributed by atoms with Crippen LogP contribution >= 0.6 is 0 Å². The van der Waals surface area contributed by atoms with E-state index in [1.54, 1.807) is 0 Å². The number of carbonyl (C=O) groups excluding carboxylic acids is 2. The maximum atomic E-state index is 13.8. The van der Waals surface area contributed by atoms with Crippen molar-refractivity contribution in [2.24, 2.45) is 0 Å². The van der Waals surface area contributed by atoms with Gasteiger partial charge in [-0.05, 0) is 0 Å². The third-order valence-corrected chi connectivity index (χ3v) is 3.60. The van der Waals surface area contributed by atoms with Gasteiger partial charge < -0.3 is 10.2 Å². The first kappa shape index (κ1) is 14.3. The van der Waals surface area contributed by atoms with Crippen molar-refractivity contribution in [2.45, 2.75) is 12.8 Å². The molecule has 0 fully saturated rings. The Kier molecular flexibility index (Phi) is 2.88. The van der Waals surface area contributed by atoms with Crippen molar-refractivity contribution in [3.05, 3.63) is 57.1 Å². The van der Waals surface area contributed by atoms with Gasteiger partial charge in [0.15, 0.2) is 23.3 Å². The molecule has 3 rings (SSSR count). The van der Waals surface area contributed by atoms with Crippen LogP contribution < -0.4 is 0 Å². The van der Waals surface area contributed by atoms with Crippen LogP contribution in [0.5, 0.6) is 0 Å². The van der Waals surface area contributed by atoms with Crippen molar-refractivity contribution >= 4 is 11.6 Å². The number of halogens is 4. The summed E-state index contributed by atoms with van der Waals surface area (Å²) in [5.74, 6) is -12.5. The number of benzene rings is 1. The van der Waals surface area contributed by atoms with Gasteiger partial charge in [0.2, 0.25) is 11.6 Å². The molecule has 0 unspecified atom stereocenters. The summed E-state index contributed by atoms with van der Waals surface area (Å²) < 4.78 is 54.2. The lowest BCUT2D eigenvalue weighted by molar-refractivity contribution is 0.0949. The van der Waals surface area contributed by atoms with Crippen LogP contribution in [0.3, 0.4) is 0 Å². The molecule has 0 amide bonds. The molecule has 0 heterocycles. The van der Waals surface area contributed by atoms with E-state index in [0.717, 1.165) is 0 Å². The van der Waals surface area contributed by atoms with Crippen molar-refractivity contribution in [3.8, 4) is 0 Å². The minimum absolute atomic E-state index is 0.202. The van der Waals surface area contributed by atoms with Crippen LogP contribution in [0, 0.1) is 23.3 Å². The first-order valence-electron chi connectivity index (χ1n) is 6.07. The van der Waals surface area contributed by atoms with Crippen LogP contribution in [-0.4, -0.2) is 21.8 Å². The van der Waals surface area contributed by atoms with Gasteiger partial charge in [0.1, 0.15) is 11.5 Å². The third-order valence-electron chi connectivity index (χ3n) is 3.60. The molecule has 8 heteroatoms. The predicted molar refractivity (Wildman–Crippen MR) is 63.5 cm³/mol. The lowest BCUT2D eigenvalue weighted by Crippen LogP contribution is -2.30. The molecule has 0 spiro atoms. The van der Waals surface area contributed by atoms with Gasteiger partial charge in [-0.3, -0.25) is 9.59 Å². The summed E-state index contributed by atoms with van der Waals surface area (Å²) in [6, 6.07) is 0. The summed E-state index contributed by atoms with van der Waals surface area (Å²) in [6.07, 6.45) is -0.403. The van der Waals surface area contributed by atoms with Crippen LogP contribution in [0.1, 0.15) is 33.6 Å². The van der Waals surface area contributed by atoms with Gasteiger partial charge in [0.25, 0.3) is 0 Å². The van der Waals surface area contributed by atoms with E-state index >= 15 is 0 Å². The summed E-state index contributed by atoms with van der Waals surface area (Å²) in [4.78, 5) is 24.4. The summed E-state index contributed by atoms with van der Waals surface area (Å²) in [7, 11) is 0. The SMILES string of the molecule is O=C1C2=C(O)CCC(O)=C2C(=O)c2c(F)c(F)c(F)c(F)c21. The fourth-order valence-corrected chi connectivity index (χ4v) is 2.57. The Labute approximate surface area is 120 Å². The third kappa shape index (κ3) is 1.57. The average Bonchev–Trinajstić information content (AvgIpc) is 2.48. The molecule has 4 nitrogen and oxygen atoms in total. The fraction of sp³-hybridized carbons (Fsp3) is 0.143. The van der Waals surface area contributed by atoms with Gasteiger partial charge in [0.05, 0.1) is 22.3 Å². The van der Waals surface area contributed by atoms with Crippen LogP contribution in [0.4, 0.5) is 17.6 Å². The Hall–Kier alpha value is -2.64. The molecule has 114 valence electrons. The number of rotatable bonds is 0. The topological polar surface area (TPSA) is 74.6 Å². The second-order valence-electron chi connectivity index (χ2n) is 4.81. The van der Waals surface area contributed by atoms with E-state index in [-0.39, 0.29) is 12.8 Å². The molecule has 0 atom stereocenters. The van der Waals surface area contributed by atoms with Crippen molar-refractivity contribution in [1.82, 2.24) is 0 Å². The second-order valence-corrected chi connectivity index (χ2v) is 4.81. The standard InChI is InChI=1S/C14H6F4O4/c15-9-7-8(10(16)12(18)11(9)17)14(22)6-4(20)2-1-3(19)5(6)13(7)21/h19-20H,1-2H2. The molecule has 2 aliphatic rings. The highest BCUT2D eigenvalue weighted by molar-refractivity contribution is 6.31. The number of aliphatic hydroxyl groups excluding tert-OH is 2. The summed E-state index contributed by atoms with van der Waals surface area (Å²) in [6.45, 7) is 0. The largest absolute Gasteiger partial charge is 0.512 e. The van der Waals surface area contributed by atoms with E-state index in [2.05, 4.69) is 0 Å². The smallest absolute Gasteiger partial charge is 0.201 e. The van der Waals surface area contributed by atoms with Gasteiger partial charge in [-0.25, -0.2) is 17.6 Å². The van der Waals surface area contributed by atoms with Crippen molar-refractivity contribution in [2.75, 3.05) is 0 Å². The maximum Gasteiger partial charge on any atom is 0.201 e. The van der Waals surface area contributed by atoms with Crippen molar-refractivity contribution in [3.63, 3.8) is 0 Å². The Balaban J connectivity index is 2.48. The lowest BCUT2D eigenvalue weighted by Gasteiger charge is -2.25. The van der Waals surface area contributed by atoms with Crippen molar-refractivity contribution in [1.29, 1.82) is 0 Å². The zero-order valence-electron chi connectivity index (χ0n) is 10.6. The minimum Gasteiger partial charge on any atom is -0.512 e. The summed E-state index contributed by atoms with van der Waals surface area (Å²) in [5, 5.41) is 19.4. The minimum atomic E-state index is -2.23. The quantitative estimate of drug-likeness (QED) is 0.438. The highest BCUT2D eigenvalue weighted by atomic mass is 19.2. The Bertz CT molecular complexity index is 767. The molecule has 1 aromatic carbocycles. The molecule has 22 heavy (non-hydrogen) atoms. The monoisotopic (exact) mass is 314 g/mol. The Morgan fingerprint density at radius 1 is 0.636 bits per heavy atom. The van der Waals surface area contributed by atoms with Gasteiger partial charge in [-0.2, -0.15) is 0 Å². The molecule has 0 saturated heterocycles. The van der Waals surface area contributed by atoms with Crippen LogP contribution in [0.15, 0.2) is 22.7 Å². The Morgan fingerprint density at radius 2 is 0.955 bits per heavy atom. The lowest BCUT2D eigenvalue weighted by atomic mass is 9.77. The molecule has 0 aromatic heterocycles. The van der Waals surface area contributed by atoms with Gasteiger partial charge in [-0.15, -0.1) is 0 Å². The van der Waals surface area contributed by atoms with Crippen LogP contribution in [0.25, 0.3) is 0 Å². The highest BCUT2D eigenvalue weighted by Gasteiger charge is 2.44. The van der Waals surface area contributed by atoms with Crippen molar-refractivity contribution < 1.29 is 37.4 Å². The van der Waals surface area contributed by atoms with E-state index in [1.165, 1.54) is 0 Å². The highest BCUT2D eigenvalue weighted by Crippen LogP contribution is 2.40. The number of aliphatic hydroxyl groups is 2. The zero-order chi connectivity index (χ0) is 16.3. The average molecular weight is 314 g/mol. The molecule has 2 N–H and O–H groups in total. The van der Waals surface area contributed by atoms with E-state index < -0.39 is 68.6 Å². The number of carbonyl (C=O) groups is 2. The zero-order valence-corrected chi connectivity index (χ0v) is 10.6. The Morgan fingerprint density at radius 3 is 1.27 bits per heavy atom. The number of allylic oxidation sites excluding steroid dienone is 4. The normalized spacial score (nSPS) is 17.8. The fourth-order valence-electron chi connectivity index (χ4n) is 2.57. The number of hydrogen-bond acceptors (Lipinski definition) is 4. The van der Waals surface area contributed by atoms with E-state index in [9.17, 15) is 37.4 Å². The van der Waals surface area contributed by atoms with Crippen LogP contribution in [0.2, 0.25) is 0 Å². The van der Waals surface area contributed by atoms with Crippen LogP contribution in [-0.2, 0) is 0 Å². The van der Waals surface area contributed by atoms with Gasteiger partial charge in [0, 0.05) is 12.8 Å². The molecule has 1 aromatic rings. The number of ketones is 2. The number of Topliss-reactive ketones (excluding diaryl/α,β-unsaturated/α-hetero) is 2.